The average molecular weight is 185 g/mol. The molecule has 1 rings (SSSR count). The second-order valence-electron chi connectivity index (χ2n) is 2.88. The van der Waals surface area contributed by atoms with Crippen LogP contribution in [0.5, 0.6) is 0 Å². The molecule has 1 unspecified atom stereocenters. The van der Waals surface area contributed by atoms with Crippen LogP contribution in [0.4, 0.5) is 0 Å². The molecule has 0 aliphatic carbocycles. The first-order chi connectivity index (χ1) is 6.33. The zero-order chi connectivity index (χ0) is 9.52. The van der Waals surface area contributed by atoms with E-state index in [-0.39, 0.29) is 6.10 Å². The van der Waals surface area contributed by atoms with Gasteiger partial charge >= 0.3 is 12.1 Å². The van der Waals surface area contributed by atoms with E-state index in [0.29, 0.717) is 6.61 Å². The molecule has 0 aromatic carbocycles. The van der Waals surface area contributed by atoms with Crippen LogP contribution in [0.3, 0.4) is 0 Å². The topological polar surface area (TPSA) is 66.8 Å². The number of hydrogen-bond donors (Lipinski definition) is 1. The van der Waals surface area contributed by atoms with E-state index in [4.69, 9.17) is 20.0 Å². The molecule has 5 heteroatoms. The molecule has 0 radical (unpaired) electrons. The Morgan fingerprint density at radius 2 is 2.54 bits per heavy atom. The highest BCUT2D eigenvalue weighted by atomic mass is 16.6. The van der Waals surface area contributed by atoms with E-state index in [0.717, 1.165) is 32.1 Å². The third kappa shape index (κ3) is 3.76. The molecule has 0 aromatic heterocycles. The van der Waals surface area contributed by atoms with Crippen LogP contribution in [0.25, 0.3) is 4.98 Å². The van der Waals surface area contributed by atoms with E-state index in [1.54, 1.807) is 0 Å². The van der Waals surface area contributed by atoms with Crippen LogP contribution in [-0.4, -0.2) is 24.4 Å². The lowest BCUT2D eigenvalue weighted by Crippen LogP contribution is -2.24. The van der Waals surface area contributed by atoms with Crippen molar-refractivity contribution >= 4 is 0 Å². The summed E-state index contributed by atoms with van der Waals surface area (Å²) in [5.74, 6) is -0.392. The minimum absolute atomic E-state index is 0.0444. The van der Waals surface area contributed by atoms with Crippen molar-refractivity contribution in [1.82, 2.24) is 0 Å². The zero-order valence-corrected chi connectivity index (χ0v) is 7.35. The van der Waals surface area contributed by atoms with Gasteiger partial charge in [0.15, 0.2) is 4.98 Å². The minimum Gasteiger partial charge on any atom is -0.476 e. The van der Waals surface area contributed by atoms with Crippen LogP contribution in [0.1, 0.15) is 19.3 Å². The zero-order valence-electron chi connectivity index (χ0n) is 7.35. The van der Waals surface area contributed by atoms with E-state index >= 15 is 0 Å². The Balaban J connectivity index is 2.18. The Kier molecular flexibility index (Phi) is 4.06. The summed E-state index contributed by atoms with van der Waals surface area (Å²) in [6.45, 7) is 1.06. The Labute approximate surface area is 76.6 Å². The molecule has 1 saturated heterocycles. The largest absolute Gasteiger partial charge is 0.476 e. The second kappa shape index (κ2) is 5.38. The SMILES string of the molecule is N#[N+]/C=C(/O)OCC1CCCCO1. The maximum Gasteiger partial charge on any atom is 0.429 e. The summed E-state index contributed by atoms with van der Waals surface area (Å²) in [5, 5.41) is 17.0. The molecule has 1 heterocycles. The third-order valence-electron chi connectivity index (χ3n) is 1.86. The molecular weight excluding hydrogens is 172 g/mol. The molecule has 0 saturated carbocycles. The Morgan fingerprint density at radius 1 is 1.69 bits per heavy atom. The van der Waals surface area contributed by atoms with Crippen molar-refractivity contribution in [2.24, 2.45) is 0 Å². The number of aliphatic hydroxyl groups is 1. The van der Waals surface area contributed by atoms with E-state index in [1.165, 1.54) is 0 Å². The van der Waals surface area contributed by atoms with Crippen LogP contribution < -0.4 is 0 Å². The average Bonchev–Trinajstić information content (AvgIpc) is 2.17. The van der Waals surface area contributed by atoms with Crippen LogP contribution in [0.2, 0.25) is 0 Å². The second-order valence-corrected chi connectivity index (χ2v) is 2.88. The standard InChI is InChI=1S/C8H12N2O3/c9-10-5-8(11)13-6-7-3-1-2-4-12-7/h5,7H,1-4,6H2/p+1/b8-5-. The predicted octanol–water partition coefficient (Wildman–Crippen LogP) is 1.78. The van der Waals surface area contributed by atoms with Gasteiger partial charge in [-0.15, -0.1) is 0 Å². The highest BCUT2D eigenvalue weighted by Gasteiger charge is 2.15. The quantitative estimate of drug-likeness (QED) is 0.537. The van der Waals surface area contributed by atoms with Crippen molar-refractivity contribution in [2.45, 2.75) is 25.4 Å². The third-order valence-corrected chi connectivity index (χ3v) is 1.86. The minimum atomic E-state index is -0.392. The normalized spacial score (nSPS) is 23.6. The molecule has 13 heavy (non-hydrogen) atoms. The molecule has 1 fully saturated rings. The van der Waals surface area contributed by atoms with Gasteiger partial charge in [-0.3, -0.25) is 0 Å². The molecule has 1 aliphatic heterocycles. The summed E-state index contributed by atoms with van der Waals surface area (Å²) in [5.41, 5.74) is 0. The van der Waals surface area contributed by atoms with Gasteiger partial charge in [-0.1, -0.05) is 0 Å². The molecule has 0 spiro atoms. The summed E-state index contributed by atoms with van der Waals surface area (Å²) in [7, 11) is 0. The van der Waals surface area contributed by atoms with Crippen molar-refractivity contribution in [3.05, 3.63) is 17.1 Å². The Bertz CT molecular complexity index is 216. The van der Waals surface area contributed by atoms with Crippen molar-refractivity contribution < 1.29 is 14.6 Å². The number of rotatable bonds is 3. The number of aliphatic hydroxyl groups excluding tert-OH is 1. The lowest BCUT2D eigenvalue weighted by Gasteiger charge is -2.21. The van der Waals surface area contributed by atoms with Crippen molar-refractivity contribution in [3.8, 4) is 0 Å². The predicted molar refractivity (Wildman–Crippen MR) is 45.3 cm³/mol. The highest BCUT2D eigenvalue weighted by molar-refractivity contribution is 4.87. The summed E-state index contributed by atoms with van der Waals surface area (Å²) < 4.78 is 10.2. The van der Waals surface area contributed by atoms with Gasteiger partial charge < -0.3 is 14.6 Å². The summed E-state index contributed by atoms with van der Waals surface area (Å²) >= 11 is 0. The van der Waals surface area contributed by atoms with Gasteiger partial charge in [0, 0.05) is 6.61 Å². The lowest BCUT2D eigenvalue weighted by atomic mass is 10.1. The first-order valence-corrected chi connectivity index (χ1v) is 4.30. The molecule has 0 bridgehead atoms. The lowest BCUT2D eigenvalue weighted by molar-refractivity contribution is -0.0433. The summed E-state index contributed by atoms with van der Waals surface area (Å²) in [4.78, 5) is 2.62. The number of diazo groups is 1. The monoisotopic (exact) mass is 185 g/mol. The van der Waals surface area contributed by atoms with Crippen LogP contribution >= 0.6 is 0 Å². The highest BCUT2D eigenvalue weighted by Crippen LogP contribution is 2.13. The molecule has 0 aromatic rings. The maximum absolute atomic E-state index is 8.91. The van der Waals surface area contributed by atoms with E-state index in [2.05, 4.69) is 4.98 Å². The van der Waals surface area contributed by atoms with E-state index in [9.17, 15) is 0 Å². The Morgan fingerprint density at radius 3 is 3.15 bits per heavy atom. The van der Waals surface area contributed by atoms with Gasteiger partial charge in [0.1, 0.15) is 6.61 Å². The fourth-order valence-electron chi connectivity index (χ4n) is 1.20. The molecule has 5 nitrogen and oxygen atoms in total. The van der Waals surface area contributed by atoms with Crippen LogP contribution in [0.15, 0.2) is 12.1 Å². The van der Waals surface area contributed by atoms with E-state index in [1.807, 2.05) is 0 Å². The molecule has 0 amide bonds. The van der Waals surface area contributed by atoms with Gasteiger partial charge in [-0.2, -0.15) is 0 Å². The molecule has 1 aliphatic rings. The van der Waals surface area contributed by atoms with E-state index < -0.39 is 5.95 Å². The first-order valence-electron chi connectivity index (χ1n) is 4.30. The number of hydrogen-bond acceptors (Lipinski definition) is 4. The number of ether oxygens (including phenoxy) is 2. The molecule has 1 atom stereocenters. The molecule has 72 valence electrons. The van der Waals surface area contributed by atoms with Crippen molar-refractivity contribution in [1.29, 1.82) is 5.39 Å². The Hall–Kier alpha value is -1.28. The molecular formula is C8H13N2O3+. The van der Waals surface area contributed by atoms with Gasteiger partial charge in [0.2, 0.25) is 5.39 Å². The first kappa shape index (κ1) is 9.81. The van der Waals surface area contributed by atoms with Crippen LogP contribution in [0, 0.1) is 5.39 Å². The number of nitrogens with zero attached hydrogens (tertiary/aromatic N) is 2. The van der Waals surface area contributed by atoms with Gasteiger partial charge in [-0.05, 0) is 19.3 Å². The van der Waals surface area contributed by atoms with Crippen molar-refractivity contribution in [2.75, 3.05) is 13.2 Å². The van der Waals surface area contributed by atoms with Gasteiger partial charge in [-0.25, -0.2) is 0 Å². The maximum atomic E-state index is 8.91. The van der Waals surface area contributed by atoms with Gasteiger partial charge in [0.05, 0.1) is 6.10 Å². The fraction of sp³-hybridized carbons (Fsp3) is 0.750. The summed E-state index contributed by atoms with van der Waals surface area (Å²) in [6.07, 6.45) is 4.04. The van der Waals surface area contributed by atoms with Gasteiger partial charge in [0.25, 0.3) is 0 Å². The molecule has 1 N–H and O–H groups in total. The van der Waals surface area contributed by atoms with Crippen LogP contribution in [-0.2, 0) is 9.47 Å². The smallest absolute Gasteiger partial charge is 0.429 e. The van der Waals surface area contributed by atoms with Crippen molar-refractivity contribution in [3.63, 3.8) is 0 Å². The summed E-state index contributed by atoms with van der Waals surface area (Å²) in [6, 6.07) is 0. The fourth-order valence-corrected chi connectivity index (χ4v) is 1.20.